The zero-order chi connectivity index (χ0) is 84.7. The molecule has 0 aromatic rings. The van der Waals surface area contributed by atoms with Gasteiger partial charge < -0.3 is 88.7 Å². The number of phosphoric ester groups is 1. The van der Waals surface area contributed by atoms with E-state index >= 15 is 0 Å². The molecule has 10 N–H and O–H groups in total. The summed E-state index contributed by atoms with van der Waals surface area (Å²) in [6.45, 7) is 5.56. The lowest BCUT2D eigenvalue weighted by Crippen LogP contribution is -2.70. The van der Waals surface area contributed by atoms with Crippen LogP contribution in [0.25, 0.3) is 0 Å². The second-order valence-corrected chi connectivity index (χ2v) is 34.6. The van der Waals surface area contributed by atoms with E-state index in [4.69, 9.17) is 46.9 Å². The Balaban J connectivity index is 1.92. The van der Waals surface area contributed by atoms with Crippen molar-refractivity contribution >= 4 is 31.7 Å². The quantitative estimate of drug-likeness (QED) is 0.00889. The molecule has 26 heteroatoms. The van der Waals surface area contributed by atoms with Crippen molar-refractivity contribution in [3.63, 3.8) is 0 Å². The van der Waals surface area contributed by atoms with Gasteiger partial charge >= 0.3 is 31.7 Å². The van der Waals surface area contributed by atoms with Crippen LogP contribution in [0.3, 0.4) is 0 Å². The first kappa shape index (κ1) is 107. The van der Waals surface area contributed by atoms with E-state index in [0.29, 0.717) is 32.1 Å². The Kier molecular flexibility index (Phi) is 64.1. The Morgan fingerprint density at radius 2 is 0.647 bits per heavy atom. The molecule has 0 aromatic carbocycles. The van der Waals surface area contributed by atoms with Crippen molar-refractivity contribution in [2.24, 2.45) is 0 Å². The molecule has 3 aliphatic rings. The van der Waals surface area contributed by atoms with Gasteiger partial charge in [0, 0.05) is 25.7 Å². The molecule has 25 nitrogen and oxygen atoms in total. The highest BCUT2D eigenvalue weighted by molar-refractivity contribution is 7.47. The molecule has 18 unspecified atom stereocenters. The van der Waals surface area contributed by atoms with Crippen LogP contribution in [0.1, 0.15) is 394 Å². The van der Waals surface area contributed by atoms with Crippen molar-refractivity contribution in [1.82, 2.24) is 0 Å². The number of hydrogen-bond donors (Lipinski definition) is 10. The van der Waals surface area contributed by atoms with Gasteiger partial charge in [-0.1, -0.05) is 315 Å². The van der Waals surface area contributed by atoms with Gasteiger partial charge in [0.05, 0.1) is 13.2 Å². The molecule has 2 aliphatic heterocycles. The maximum absolute atomic E-state index is 14.9. The average molecular weight is 1680 g/mol. The zero-order valence-corrected chi connectivity index (χ0v) is 73.2. The van der Waals surface area contributed by atoms with Crippen LogP contribution < -0.4 is 0 Å². The van der Waals surface area contributed by atoms with E-state index in [1.807, 2.05) is 0 Å². The second-order valence-electron chi connectivity index (χ2n) is 33.2. The summed E-state index contributed by atoms with van der Waals surface area (Å²) in [5, 5.41) is 102. The van der Waals surface area contributed by atoms with Crippen molar-refractivity contribution in [3.05, 3.63) is 24.3 Å². The number of rotatable bonds is 75. The molecule has 18 atom stereocenters. The fraction of sp³-hybridized carbons (Fsp3) is 0.911. The van der Waals surface area contributed by atoms with E-state index in [9.17, 15) is 74.6 Å². The molecule has 3 rings (SSSR count). The normalized spacial score (nSPS) is 25.2. The first-order chi connectivity index (χ1) is 56.2. The summed E-state index contributed by atoms with van der Waals surface area (Å²) in [4.78, 5) is 66.4. The van der Waals surface area contributed by atoms with E-state index in [-0.39, 0.29) is 32.1 Å². The molecule has 2 heterocycles. The number of aliphatic hydroxyl groups excluding tert-OH is 9. The van der Waals surface area contributed by atoms with Gasteiger partial charge in [0.1, 0.15) is 92.6 Å². The first-order valence-corrected chi connectivity index (χ1v) is 48.1. The van der Waals surface area contributed by atoms with Gasteiger partial charge in [-0.2, -0.15) is 0 Å². The summed E-state index contributed by atoms with van der Waals surface area (Å²) in [6, 6.07) is 0. The number of aliphatic hydroxyl groups is 9. The number of hydrogen-bond acceptors (Lipinski definition) is 24. The molecular formula is C90H165O25P. The van der Waals surface area contributed by atoms with E-state index < -0.39 is 162 Å². The molecule has 0 aromatic heterocycles. The molecular weight excluding hydrogens is 1510 g/mol. The molecule has 680 valence electrons. The maximum Gasteiger partial charge on any atom is 0.472 e. The summed E-state index contributed by atoms with van der Waals surface area (Å²) < 4.78 is 73.3. The third kappa shape index (κ3) is 49.3. The van der Waals surface area contributed by atoms with Crippen LogP contribution >= 0.6 is 7.82 Å². The van der Waals surface area contributed by atoms with Crippen molar-refractivity contribution in [2.45, 2.75) is 498 Å². The molecule has 0 spiro atoms. The third-order valence-electron chi connectivity index (χ3n) is 22.7. The van der Waals surface area contributed by atoms with Crippen molar-refractivity contribution < 1.29 is 122 Å². The highest BCUT2D eigenvalue weighted by Gasteiger charge is 2.60. The molecule has 0 radical (unpaired) electrons. The van der Waals surface area contributed by atoms with Gasteiger partial charge in [-0.3, -0.25) is 28.2 Å². The van der Waals surface area contributed by atoms with Crippen molar-refractivity contribution in [2.75, 3.05) is 26.4 Å². The minimum absolute atomic E-state index is 0.0144. The van der Waals surface area contributed by atoms with E-state index in [2.05, 4.69) is 52.0 Å². The predicted octanol–water partition coefficient (Wildman–Crippen LogP) is 16.9. The zero-order valence-electron chi connectivity index (χ0n) is 72.3. The monoisotopic (exact) mass is 1680 g/mol. The Bertz CT molecular complexity index is 2510. The van der Waals surface area contributed by atoms with Gasteiger partial charge in [0.15, 0.2) is 24.8 Å². The molecule has 0 amide bonds. The Labute approximate surface area is 698 Å². The third-order valence-corrected chi connectivity index (χ3v) is 23.7. The molecule has 1 aliphatic carbocycles. The molecule has 1 saturated carbocycles. The molecule has 116 heavy (non-hydrogen) atoms. The van der Waals surface area contributed by atoms with Gasteiger partial charge in [-0.05, 0) is 77.0 Å². The lowest BCUT2D eigenvalue weighted by Gasteiger charge is -2.50. The van der Waals surface area contributed by atoms with Gasteiger partial charge in [-0.15, -0.1) is 0 Å². The maximum atomic E-state index is 14.9. The highest BCUT2D eigenvalue weighted by atomic mass is 31.2. The number of carbonyl (C=O) groups is 4. The summed E-state index contributed by atoms with van der Waals surface area (Å²) in [6.07, 6.45) is 29.0. The van der Waals surface area contributed by atoms with Gasteiger partial charge in [0.25, 0.3) is 0 Å². The summed E-state index contributed by atoms with van der Waals surface area (Å²) in [7, 11) is -5.81. The van der Waals surface area contributed by atoms with E-state index in [0.717, 1.165) is 122 Å². The highest BCUT2D eigenvalue weighted by Crippen LogP contribution is 2.49. The van der Waals surface area contributed by atoms with Crippen LogP contribution in [0.15, 0.2) is 24.3 Å². The minimum Gasteiger partial charge on any atom is -0.463 e. The van der Waals surface area contributed by atoms with Crippen molar-refractivity contribution in [3.8, 4) is 0 Å². The first-order valence-electron chi connectivity index (χ1n) is 46.6. The molecule has 0 bridgehead atoms. The predicted molar refractivity (Wildman–Crippen MR) is 449 cm³/mol. The van der Waals surface area contributed by atoms with Crippen LogP contribution in [-0.4, -0.2) is 205 Å². The second kappa shape index (κ2) is 69.4. The summed E-state index contributed by atoms with van der Waals surface area (Å²) >= 11 is 0. The van der Waals surface area contributed by atoms with Crippen LogP contribution in [-0.2, 0) is 70.7 Å². The van der Waals surface area contributed by atoms with Crippen LogP contribution in [0, 0.1) is 0 Å². The van der Waals surface area contributed by atoms with Gasteiger partial charge in [-0.25, -0.2) is 4.57 Å². The fourth-order valence-corrected chi connectivity index (χ4v) is 16.2. The Hall–Kier alpha value is -3.05. The fourth-order valence-electron chi connectivity index (χ4n) is 15.2. The molecule has 3 fully saturated rings. The number of carbonyl (C=O) groups excluding carboxylic acids is 4. The minimum atomic E-state index is -5.81. The van der Waals surface area contributed by atoms with Gasteiger partial charge in [0.2, 0.25) is 0 Å². The summed E-state index contributed by atoms with van der Waals surface area (Å²) in [5.74, 6) is -3.00. The average Bonchev–Trinajstić information content (AvgIpc) is 0.754. The van der Waals surface area contributed by atoms with Crippen molar-refractivity contribution in [1.29, 1.82) is 0 Å². The van der Waals surface area contributed by atoms with Crippen LogP contribution in [0.5, 0.6) is 0 Å². The standard InChI is InChI=1S/C90H165O25P/c1-5-9-13-17-21-25-29-33-35-37-41-45-48-52-56-60-64-75(94)109-70(67-106-73(92)62-58-54-50-46-42-38-31-27-23-19-15-11-7-3)68-108-116(104,105)115-88-86(113-89-83(102)79(98)77(96)71(66-91)110-89)82(101)81(100)85(112-76(95)65-61-57-53-49-44-39-32-28-24-20-16-12-8-4)87(88)114-90-84(103)80(99)78(97)72(111-90)69-107-74(93)63-59-55-51-47-43-40-36-34-30-26-22-18-14-10-6-2/h38-39,42,44,70-72,77-91,96-103H,5-37,40-41,43,45-69H2,1-4H3,(H,104,105)/b42-38-,44-39-. The Morgan fingerprint density at radius 3 is 1.03 bits per heavy atom. The number of unbranched alkanes of at least 4 members (excludes halogenated alkanes) is 47. The van der Waals surface area contributed by atoms with E-state index in [1.54, 1.807) is 0 Å². The largest absolute Gasteiger partial charge is 0.472 e. The molecule has 2 saturated heterocycles. The number of esters is 4. The topological polar surface area (TPSA) is 380 Å². The van der Waals surface area contributed by atoms with Crippen LogP contribution in [0.4, 0.5) is 0 Å². The van der Waals surface area contributed by atoms with Crippen LogP contribution in [0.2, 0.25) is 0 Å². The SMILES string of the molecule is CCCCCCCC/C=C\CCCCCC(=O)OCC(COP(=O)(O)OC1C(OC2OC(CO)C(O)C(O)C2O)C(O)C(O)C(OC(=O)CCCCC/C=C\CCCCCCCC)C1OC1OC(COC(=O)CCCCCCCCCCCCCCCCC)C(O)C(O)C1O)OC(=O)CCCCCCCCCCCCCCCCCC. The lowest BCUT2D eigenvalue weighted by molar-refractivity contribution is -0.360. The number of phosphoric acid groups is 1. The smallest absolute Gasteiger partial charge is 0.463 e. The summed E-state index contributed by atoms with van der Waals surface area (Å²) in [5.41, 5.74) is 0. The van der Waals surface area contributed by atoms with E-state index in [1.165, 1.54) is 180 Å². The number of ether oxygens (including phenoxy) is 8. The lowest BCUT2D eigenvalue weighted by atomic mass is 9.84. The Morgan fingerprint density at radius 1 is 0.336 bits per heavy atom. The number of allylic oxidation sites excluding steroid dienone is 4.